The van der Waals surface area contributed by atoms with Gasteiger partial charge in [0.05, 0.1) is 49.1 Å². The Labute approximate surface area is 180 Å². The highest BCUT2D eigenvalue weighted by Gasteiger charge is 2.16. The maximum absolute atomic E-state index is 13.7. The fourth-order valence-electron chi connectivity index (χ4n) is 3.62. The number of hydrogen-bond donors (Lipinski definition) is 1. The number of pyridine rings is 1. The highest BCUT2D eigenvalue weighted by molar-refractivity contribution is 5.78. The molecular formula is C22H18F2N6O2. The predicted octanol–water partition coefficient (Wildman–Crippen LogP) is 3.55. The quantitative estimate of drug-likeness (QED) is 0.453. The van der Waals surface area contributed by atoms with E-state index in [1.165, 1.54) is 25.4 Å². The molecule has 0 fully saturated rings. The highest BCUT2D eigenvalue weighted by Crippen LogP contribution is 2.26. The first-order valence-electron chi connectivity index (χ1n) is 9.80. The average molecular weight is 436 g/mol. The van der Waals surface area contributed by atoms with Crippen LogP contribution in [0.3, 0.4) is 0 Å². The van der Waals surface area contributed by atoms with Gasteiger partial charge in [-0.25, -0.2) is 18.7 Å². The maximum Gasteiger partial charge on any atom is 0.298 e. The van der Waals surface area contributed by atoms with E-state index in [0.29, 0.717) is 39.3 Å². The summed E-state index contributed by atoms with van der Waals surface area (Å²) < 4.78 is 36.3. The third kappa shape index (κ3) is 3.44. The normalized spacial score (nSPS) is 12.5. The lowest BCUT2D eigenvalue weighted by Crippen LogP contribution is -2.04. The van der Waals surface area contributed by atoms with Crippen LogP contribution >= 0.6 is 0 Å². The number of ether oxygens (including phenoxy) is 1. The zero-order valence-corrected chi connectivity index (χ0v) is 17.2. The summed E-state index contributed by atoms with van der Waals surface area (Å²) in [5.74, 6) is -1.32. The highest BCUT2D eigenvalue weighted by atomic mass is 19.1. The van der Waals surface area contributed by atoms with E-state index in [1.807, 2.05) is 12.1 Å². The SMILES string of the molecule is COc1nc2ncc(-n3ccc4ncc([C@H](C)O)nc43)cc2n1Cc1cc(F)cc(F)c1. The van der Waals surface area contributed by atoms with Crippen molar-refractivity contribution in [3.63, 3.8) is 0 Å². The Morgan fingerprint density at radius 3 is 2.56 bits per heavy atom. The molecule has 0 spiro atoms. The molecule has 0 aliphatic heterocycles. The lowest BCUT2D eigenvalue weighted by Gasteiger charge is -2.10. The lowest BCUT2D eigenvalue weighted by molar-refractivity contribution is 0.194. The number of imidazole rings is 1. The number of aromatic nitrogens is 6. The fourth-order valence-corrected chi connectivity index (χ4v) is 3.62. The van der Waals surface area contributed by atoms with Gasteiger partial charge in [0.25, 0.3) is 6.01 Å². The first kappa shape index (κ1) is 20.0. The summed E-state index contributed by atoms with van der Waals surface area (Å²) in [6, 6.07) is 7.26. The molecule has 10 heteroatoms. The molecule has 1 aromatic carbocycles. The van der Waals surface area contributed by atoms with Crippen LogP contribution in [0.2, 0.25) is 0 Å². The molecule has 0 saturated heterocycles. The van der Waals surface area contributed by atoms with E-state index in [9.17, 15) is 13.9 Å². The summed E-state index contributed by atoms with van der Waals surface area (Å²) >= 11 is 0. The third-order valence-corrected chi connectivity index (χ3v) is 5.12. The third-order valence-electron chi connectivity index (χ3n) is 5.12. The molecular weight excluding hydrogens is 418 g/mol. The number of rotatable bonds is 5. The van der Waals surface area contributed by atoms with Crippen molar-refractivity contribution in [3.8, 4) is 11.7 Å². The van der Waals surface area contributed by atoms with E-state index in [-0.39, 0.29) is 12.6 Å². The van der Waals surface area contributed by atoms with Gasteiger partial charge < -0.3 is 9.84 Å². The Bertz CT molecular complexity index is 1440. The van der Waals surface area contributed by atoms with Crippen molar-refractivity contribution >= 4 is 22.3 Å². The number of benzene rings is 1. The van der Waals surface area contributed by atoms with Crippen molar-refractivity contribution in [2.75, 3.05) is 7.11 Å². The number of nitrogens with zero attached hydrogens (tertiary/aromatic N) is 6. The van der Waals surface area contributed by atoms with Crippen molar-refractivity contribution in [2.24, 2.45) is 0 Å². The average Bonchev–Trinajstić information content (AvgIpc) is 3.33. The van der Waals surface area contributed by atoms with Gasteiger partial charge in [-0.05, 0) is 36.8 Å². The number of hydrogen-bond acceptors (Lipinski definition) is 6. The van der Waals surface area contributed by atoms with E-state index in [4.69, 9.17) is 4.74 Å². The van der Waals surface area contributed by atoms with Gasteiger partial charge in [0.2, 0.25) is 0 Å². The van der Waals surface area contributed by atoms with E-state index in [2.05, 4.69) is 19.9 Å². The topological polar surface area (TPSA) is 90.9 Å². The Morgan fingerprint density at radius 1 is 1.06 bits per heavy atom. The molecule has 5 rings (SSSR count). The van der Waals surface area contributed by atoms with Crippen LogP contribution in [-0.4, -0.2) is 41.3 Å². The van der Waals surface area contributed by atoms with Crippen LogP contribution < -0.4 is 4.74 Å². The number of fused-ring (bicyclic) bond motifs is 2. The van der Waals surface area contributed by atoms with E-state index >= 15 is 0 Å². The monoisotopic (exact) mass is 436 g/mol. The Hall–Kier alpha value is -3.92. The zero-order chi connectivity index (χ0) is 22.4. The largest absolute Gasteiger partial charge is 0.468 e. The first-order chi connectivity index (χ1) is 15.4. The minimum Gasteiger partial charge on any atom is -0.468 e. The van der Waals surface area contributed by atoms with Crippen LogP contribution in [0.1, 0.15) is 24.3 Å². The second-order valence-corrected chi connectivity index (χ2v) is 7.36. The van der Waals surface area contributed by atoms with Crippen molar-refractivity contribution in [3.05, 3.63) is 71.8 Å². The number of halogens is 2. The Balaban J connectivity index is 1.65. The van der Waals surface area contributed by atoms with Gasteiger partial charge in [-0.1, -0.05) is 0 Å². The molecule has 1 N–H and O–H groups in total. The molecule has 1 atom stereocenters. The zero-order valence-electron chi connectivity index (χ0n) is 17.2. The summed E-state index contributed by atoms with van der Waals surface area (Å²) in [5, 5.41) is 9.87. The first-order valence-corrected chi connectivity index (χ1v) is 9.80. The van der Waals surface area contributed by atoms with Crippen LogP contribution in [0.25, 0.3) is 28.0 Å². The van der Waals surface area contributed by atoms with Crippen LogP contribution in [-0.2, 0) is 6.54 Å². The smallest absolute Gasteiger partial charge is 0.298 e. The minimum atomic E-state index is -0.756. The molecule has 5 aromatic rings. The summed E-state index contributed by atoms with van der Waals surface area (Å²) in [5.41, 5.74) is 3.82. The van der Waals surface area contributed by atoms with Gasteiger partial charge >= 0.3 is 0 Å². The molecule has 0 saturated carbocycles. The molecule has 4 aromatic heterocycles. The van der Waals surface area contributed by atoms with E-state index in [1.54, 1.807) is 28.5 Å². The maximum atomic E-state index is 13.7. The second-order valence-electron chi connectivity index (χ2n) is 7.36. The second kappa shape index (κ2) is 7.65. The van der Waals surface area contributed by atoms with Crippen LogP contribution in [0.5, 0.6) is 6.01 Å². The van der Waals surface area contributed by atoms with Gasteiger partial charge in [-0.15, -0.1) is 0 Å². The Morgan fingerprint density at radius 2 is 1.84 bits per heavy atom. The summed E-state index contributed by atoms with van der Waals surface area (Å²) in [4.78, 5) is 17.7. The molecule has 0 unspecified atom stereocenters. The molecule has 0 bridgehead atoms. The van der Waals surface area contributed by atoms with E-state index < -0.39 is 17.7 Å². The summed E-state index contributed by atoms with van der Waals surface area (Å²) in [6.45, 7) is 1.76. The molecule has 0 aliphatic carbocycles. The summed E-state index contributed by atoms with van der Waals surface area (Å²) in [7, 11) is 1.47. The standard InChI is InChI=1S/C22H18F2N6O2/c1-12(31)18-10-25-17-3-4-29(21(17)27-18)16-8-19-20(26-9-16)28-22(32-2)30(19)11-13-5-14(23)7-15(24)6-13/h3-10,12,31H,11H2,1-2H3/t12-/m0/s1. The van der Waals surface area contributed by atoms with Crippen molar-refractivity contribution < 1.29 is 18.6 Å². The van der Waals surface area contributed by atoms with Gasteiger partial charge in [-0.3, -0.25) is 14.1 Å². The van der Waals surface area contributed by atoms with Crippen LogP contribution in [0.4, 0.5) is 8.78 Å². The van der Waals surface area contributed by atoms with Crippen molar-refractivity contribution in [2.45, 2.75) is 19.6 Å². The molecule has 0 aliphatic rings. The van der Waals surface area contributed by atoms with Crippen molar-refractivity contribution in [1.82, 2.24) is 29.1 Å². The number of aliphatic hydroxyl groups excluding tert-OH is 1. The number of methoxy groups -OCH3 is 1. The Kier molecular flexibility index (Phi) is 4.78. The van der Waals surface area contributed by atoms with Crippen LogP contribution in [0, 0.1) is 11.6 Å². The molecule has 0 amide bonds. The molecule has 0 radical (unpaired) electrons. The van der Waals surface area contributed by atoms with Gasteiger partial charge in [0, 0.05) is 12.3 Å². The van der Waals surface area contributed by atoms with Crippen molar-refractivity contribution in [1.29, 1.82) is 0 Å². The number of aliphatic hydroxyl groups is 1. The van der Waals surface area contributed by atoms with Gasteiger partial charge in [-0.2, -0.15) is 4.98 Å². The lowest BCUT2D eigenvalue weighted by atomic mass is 10.2. The summed E-state index contributed by atoms with van der Waals surface area (Å²) in [6.07, 6.45) is 4.22. The molecule has 32 heavy (non-hydrogen) atoms. The van der Waals surface area contributed by atoms with Gasteiger partial charge in [0.1, 0.15) is 17.2 Å². The van der Waals surface area contributed by atoms with Gasteiger partial charge in [0.15, 0.2) is 11.3 Å². The van der Waals surface area contributed by atoms with E-state index in [0.717, 1.165) is 6.07 Å². The molecule has 162 valence electrons. The molecule has 8 nitrogen and oxygen atoms in total. The fraction of sp³-hybridized carbons (Fsp3) is 0.182. The molecule has 4 heterocycles. The van der Waals surface area contributed by atoms with Crippen LogP contribution in [0.15, 0.2) is 48.9 Å². The predicted molar refractivity (Wildman–Crippen MR) is 113 cm³/mol. The minimum absolute atomic E-state index is 0.137.